The molecule has 1 amide bonds. The summed E-state index contributed by atoms with van der Waals surface area (Å²) in [5.41, 5.74) is 1.24. The van der Waals surface area contributed by atoms with E-state index in [0.717, 1.165) is 11.6 Å². The van der Waals surface area contributed by atoms with Crippen molar-refractivity contribution in [2.75, 3.05) is 33.4 Å². The van der Waals surface area contributed by atoms with Crippen LogP contribution in [0.3, 0.4) is 0 Å². The van der Waals surface area contributed by atoms with E-state index in [0.29, 0.717) is 37.6 Å². The third-order valence-electron chi connectivity index (χ3n) is 6.67. The highest BCUT2D eigenvalue weighted by molar-refractivity contribution is 5.91. The number of ether oxygens (including phenoxy) is 2. The molecule has 0 unspecified atom stereocenters. The molecule has 1 saturated heterocycles. The zero-order valence-electron chi connectivity index (χ0n) is 20.3. The average molecular weight is 502 g/mol. The Kier molecular flexibility index (Phi) is 6.83. The number of morpholine rings is 1. The van der Waals surface area contributed by atoms with Crippen molar-refractivity contribution >= 4 is 16.9 Å². The van der Waals surface area contributed by atoms with Gasteiger partial charge in [-0.3, -0.25) is 9.59 Å². The van der Waals surface area contributed by atoms with Gasteiger partial charge in [-0.1, -0.05) is 42.5 Å². The topological polar surface area (TPSA) is 109 Å². The summed E-state index contributed by atoms with van der Waals surface area (Å²) in [6.07, 6.45) is 0.0129. The van der Waals surface area contributed by atoms with E-state index in [4.69, 9.17) is 13.9 Å². The van der Waals surface area contributed by atoms with Gasteiger partial charge < -0.3 is 29.0 Å². The fourth-order valence-electron chi connectivity index (χ4n) is 4.74. The van der Waals surface area contributed by atoms with Gasteiger partial charge >= 0.3 is 0 Å². The molecule has 8 nitrogen and oxygen atoms in total. The summed E-state index contributed by atoms with van der Waals surface area (Å²) < 4.78 is 16.9. The van der Waals surface area contributed by atoms with Crippen LogP contribution in [0.25, 0.3) is 22.3 Å². The van der Waals surface area contributed by atoms with Crippen LogP contribution >= 0.6 is 0 Å². The first-order valence-electron chi connectivity index (χ1n) is 12.0. The number of carbonyl (C=O) groups is 1. The van der Waals surface area contributed by atoms with Crippen LogP contribution in [0, 0.1) is 0 Å². The van der Waals surface area contributed by atoms with Crippen molar-refractivity contribution < 1.29 is 28.9 Å². The Hall–Kier alpha value is -4.30. The van der Waals surface area contributed by atoms with E-state index in [1.807, 2.05) is 30.3 Å². The van der Waals surface area contributed by atoms with Crippen molar-refractivity contribution in [2.45, 2.75) is 12.3 Å². The van der Waals surface area contributed by atoms with Gasteiger partial charge in [-0.2, -0.15) is 0 Å². The second-order valence-corrected chi connectivity index (χ2v) is 8.90. The van der Waals surface area contributed by atoms with Crippen LogP contribution in [0.1, 0.15) is 23.5 Å². The standard InChI is InChI=1S/C29H27NO7/c1-35-20-9-7-18(8-10-20)21(15-26(34)30-11-13-36-14-12-30)27-22(31)16-23(32)28-24(33)17-25(37-29(27)28)19-5-3-2-4-6-19/h2-10,16-17,21,31-32H,11-15H2,1H3/t21-/m1/s1. The number of hydrogen-bond acceptors (Lipinski definition) is 7. The summed E-state index contributed by atoms with van der Waals surface area (Å²) >= 11 is 0. The first kappa shape index (κ1) is 24.4. The minimum absolute atomic E-state index is 0.0129. The Labute approximate surface area is 213 Å². The number of phenols is 2. The van der Waals surface area contributed by atoms with Crippen molar-refractivity contribution in [2.24, 2.45) is 0 Å². The molecule has 2 heterocycles. The maximum Gasteiger partial charge on any atom is 0.223 e. The van der Waals surface area contributed by atoms with Gasteiger partial charge in [0.25, 0.3) is 0 Å². The molecule has 8 heteroatoms. The first-order valence-corrected chi connectivity index (χ1v) is 12.0. The van der Waals surface area contributed by atoms with Crippen LogP contribution in [0.5, 0.6) is 17.2 Å². The molecule has 0 aliphatic carbocycles. The number of phenolic OH excluding ortho intramolecular Hbond substituents is 2. The quantitative estimate of drug-likeness (QED) is 0.406. The minimum atomic E-state index is -0.668. The smallest absolute Gasteiger partial charge is 0.223 e. The van der Waals surface area contributed by atoms with Crippen molar-refractivity contribution in [3.63, 3.8) is 0 Å². The molecular weight excluding hydrogens is 474 g/mol. The van der Waals surface area contributed by atoms with E-state index in [1.54, 1.807) is 36.3 Å². The number of rotatable bonds is 6. The van der Waals surface area contributed by atoms with Crippen molar-refractivity contribution in [3.8, 4) is 28.6 Å². The first-order chi connectivity index (χ1) is 18.0. The molecule has 1 fully saturated rings. The van der Waals surface area contributed by atoms with Crippen molar-refractivity contribution in [3.05, 3.63) is 88.1 Å². The van der Waals surface area contributed by atoms with E-state index >= 15 is 0 Å². The fraction of sp³-hybridized carbons (Fsp3) is 0.241. The number of nitrogens with zero attached hydrogens (tertiary/aromatic N) is 1. The second kappa shape index (κ2) is 10.4. The summed E-state index contributed by atoms with van der Waals surface area (Å²) in [6, 6.07) is 18.7. The lowest BCUT2D eigenvalue weighted by Gasteiger charge is -2.29. The molecule has 190 valence electrons. The van der Waals surface area contributed by atoms with Crippen LogP contribution in [0.4, 0.5) is 0 Å². The fourth-order valence-corrected chi connectivity index (χ4v) is 4.74. The zero-order chi connectivity index (χ0) is 25.9. The molecule has 4 aromatic rings. The van der Waals surface area contributed by atoms with Crippen LogP contribution in [-0.4, -0.2) is 54.4 Å². The summed E-state index contributed by atoms with van der Waals surface area (Å²) in [4.78, 5) is 28.3. The van der Waals surface area contributed by atoms with Gasteiger partial charge in [-0.05, 0) is 17.7 Å². The lowest BCUT2D eigenvalue weighted by atomic mass is 9.86. The maximum atomic E-state index is 13.4. The molecule has 0 saturated carbocycles. The Morgan fingerprint density at radius 3 is 2.38 bits per heavy atom. The van der Waals surface area contributed by atoms with E-state index in [2.05, 4.69) is 0 Å². The van der Waals surface area contributed by atoms with Gasteiger partial charge in [0.15, 0.2) is 5.43 Å². The molecule has 1 aromatic heterocycles. The van der Waals surface area contributed by atoms with Crippen molar-refractivity contribution in [1.29, 1.82) is 0 Å². The van der Waals surface area contributed by atoms with E-state index < -0.39 is 17.1 Å². The predicted octanol–water partition coefficient (Wildman–Crippen LogP) is 4.26. The van der Waals surface area contributed by atoms with Crippen LogP contribution < -0.4 is 10.2 Å². The highest BCUT2D eigenvalue weighted by atomic mass is 16.5. The molecule has 37 heavy (non-hydrogen) atoms. The Bertz CT molecular complexity index is 1470. The van der Waals surface area contributed by atoms with Gasteiger partial charge in [-0.15, -0.1) is 0 Å². The SMILES string of the molecule is COc1ccc([C@@H](CC(=O)N2CCOCC2)c2c(O)cc(O)c3c(=O)cc(-c4ccccc4)oc23)cc1. The highest BCUT2D eigenvalue weighted by Crippen LogP contribution is 2.43. The van der Waals surface area contributed by atoms with E-state index in [9.17, 15) is 19.8 Å². The summed E-state index contributed by atoms with van der Waals surface area (Å²) in [6.45, 7) is 1.87. The average Bonchev–Trinajstić information content (AvgIpc) is 2.93. The molecule has 1 aliphatic rings. The molecule has 5 rings (SSSR count). The normalized spacial score (nSPS) is 14.5. The van der Waals surface area contributed by atoms with Crippen molar-refractivity contribution in [1.82, 2.24) is 4.90 Å². The van der Waals surface area contributed by atoms with Crippen LogP contribution in [0.2, 0.25) is 0 Å². The number of aromatic hydroxyl groups is 2. The monoisotopic (exact) mass is 501 g/mol. The number of carbonyl (C=O) groups excluding carboxylic acids is 1. The maximum absolute atomic E-state index is 13.4. The molecule has 0 spiro atoms. The number of fused-ring (bicyclic) bond motifs is 1. The zero-order valence-corrected chi connectivity index (χ0v) is 20.3. The van der Waals surface area contributed by atoms with E-state index in [1.165, 1.54) is 6.07 Å². The van der Waals surface area contributed by atoms with E-state index in [-0.39, 0.29) is 40.4 Å². The van der Waals surface area contributed by atoms with Gasteiger partial charge in [-0.25, -0.2) is 0 Å². The van der Waals surface area contributed by atoms with Gasteiger partial charge in [0.2, 0.25) is 5.91 Å². The third-order valence-corrected chi connectivity index (χ3v) is 6.67. The van der Waals surface area contributed by atoms with Gasteiger partial charge in [0.1, 0.15) is 34.0 Å². The van der Waals surface area contributed by atoms with Gasteiger partial charge in [0.05, 0.1) is 20.3 Å². The number of hydrogen-bond donors (Lipinski definition) is 2. The number of amides is 1. The van der Waals surface area contributed by atoms with Crippen LogP contribution in [-0.2, 0) is 9.53 Å². The molecule has 1 aliphatic heterocycles. The summed E-state index contributed by atoms with van der Waals surface area (Å²) in [7, 11) is 1.56. The Balaban J connectivity index is 1.71. The predicted molar refractivity (Wildman–Crippen MR) is 138 cm³/mol. The molecule has 3 aromatic carbocycles. The summed E-state index contributed by atoms with van der Waals surface area (Å²) in [5, 5.41) is 21.7. The lowest BCUT2D eigenvalue weighted by Crippen LogP contribution is -2.41. The third kappa shape index (κ3) is 4.88. The summed E-state index contributed by atoms with van der Waals surface area (Å²) in [5.74, 6) is -0.520. The Morgan fingerprint density at radius 1 is 1.00 bits per heavy atom. The largest absolute Gasteiger partial charge is 0.507 e. The lowest BCUT2D eigenvalue weighted by molar-refractivity contribution is -0.135. The molecule has 1 atom stereocenters. The van der Waals surface area contributed by atoms with Crippen LogP contribution in [0.15, 0.2) is 75.9 Å². The Morgan fingerprint density at radius 2 is 1.70 bits per heavy atom. The minimum Gasteiger partial charge on any atom is -0.507 e. The number of methoxy groups -OCH3 is 1. The number of benzene rings is 3. The molecular formula is C29H27NO7. The molecule has 0 bridgehead atoms. The van der Waals surface area contributed by atoms with Gasteiger partial charge in [0, 0.05) is 48.7 Å². The molecule has 0 radical (unpaired) electrons. The molecule has 2 N–H and O–H groups in total. The second-order valence-electron chi connectivity index (χ2n) is 8.90. The highest BCUT2D eigenvalue weighted by Gasteiger charge is 2.30.